The molecule has 0 aromatic heterocycles. The van der Waals surface area contributed by atoms with Gasteiger partial charge in [0.25, 0.3) is 10.1 Å². The van der Waals surface area contributed by atoms with Crippen molar-refractivity contribution >= 4 is 16.1 Å². The average molecular weight is 308 g/mol. The number of aliphatic carboxylic acids is 1. The molecule has 0 aliphatic carbocycles. The molecule has 0 bridgehead atoms. The van der Waals surface area contributed by atoms with Crippen LogP contribution in [-0.2, 0) is 19.1 Å². The van der Waals surface area contributed by atoms with Crippen LogP contribution in [0.15, 0.2) is 0 Å². The van der Waals surface area contributed by atoms with Crippen molar-refractivity contribution in [2.75, 3.05) is 12.4 Å². The molecule has 0 aromatic carbocycles. The van der Waals surface area contributed by atoms with Crippen molar-refractivity contribution in [2.24, 2.45) is 0 Å². The van der Waals surface area contributed by atoms with E-state index in [0.717, 1.165) is 19.3 Å². The summed E-state index contributed by atoms with van der Waals surface area (Å²) in [5.41, 5.74) is 0. The molecule has 0 aromatic rings. The van der Waals surface area contributed by atoms with E-state index in [0.29, 0.717) is 6.42 Å². The summed E-state index contributed by atoms with van der Waals surface area (Å²) in [5.74, 6) is -1.35. The molecule has 0 heterocycles. The van der Waals surface area contributed by atoms with Crippen molar-refractivity contribution in [2.45, 2.75) is 71.1 Å². The third kappa shape index (κ3) is 13.8. The van der Waals surface area contributed by atoms with Crippen molar-refractivity contribution in [3.05, 3.63) is 0 Å². The highest BCUT2D eigenvalue weighted by molar-refractivity contribution is 7.86. The molecule has 0 saturated carbocycles. The third-order valence-corrected chi connectivity index (χ3v) is 4.38. The van der Waals surface area contributed by atoms with Crippen molar-refractivity contribution in [3.8, 4) is 0 Å². The van der Waals surface area contributed by atoms with Gasteiger partial charge in [-0.15, -0.1) is 0 Å². The van der Waals surface area contributed by atoms with Gasteiger partial charge >= 0.3 is 5.97 Å². The highest BCUT2D eigenvalue weighted by Crippen LogP contribution is 2.11. The lowest BCUT2D eigenvalue weighted by Gasteiger charge is -2.04. The Kier molecular flexibility index (Phi) is 11.8. The predicted octanol–water partition coefficient (Wildman–Crippen LogP) is 3.34. The van der Waals surface area contributed by atoms with Gasteiger partial charge in [0.05, 0.1) is 5.75 Å². The van der Waals surface area contributed by atoms with E-state index < -0.39 is 22.7 Å². The lowest BCUT2D eigenvalue weighted by Crippen LogP contribution is -2.16. The van der Waals surface area contributed by atoms with Gasteiger partial charge in [0.2, 0.25) is 0 Å². The first-order valence-corrected chi connectivity index (χ1v) is 9.14. The SMILES string of the molecule is CCCCCCCCCCCCS(=O)(=O)OCC(=O)O. The zero-order valence-corrected chi connectivity index (χ0v) is 13.3. The van der Waals surface area contributed by atoms with Crippen LogP contribution in [0.4, 0.5) is 0 Å². The smallest absolute Gasteiger partial charge is 0.331 e. The minimum atomic E-state index is -3.67. The Hall–Kier alpha value is -0.620. The van der Waals surface area contributed by atoms with Gasteiger partial charge in [-0.25, -0.2) is 4.79 Å². The molecule has 0 saturated heterocycles. The van der Waals surface area contributed by atoms with Crippen LogP contribution in [0, 0.1) is 0 Å². The number of hydrogen-bond acceptors (Lipinski definition) is 4. The van der Waals surface area contributed by atoms with Crippen LogP contribution in [0.1, 0.15) is 71.1 Å². The van der Waals surface area contributed by atoms with Crippen LogP contribution in [0.3, 0.4) is 0 Å². The maximum atomic E-state index is 11.3. The highest BCUT2D eigenvalue weighted by atomic mass is 32.2. The number of carboxylic acids is 1. The summed E-state index contributed by atoms with van der Waals surface area (Å²) in [5, 5.41) is 8.33. The largest absolute Gasteiger partial charge is 0.479 e. The zero-order valence-electron chi connectivity index (χ0n) is 12.5. The average Bonchev–Trinajstić information content (AvgIpc) is 2.39. The highest BCUT2D eigenvalue weighted by Gasteiger charge is 2.12. The fraction of sp³-hybridized carbons (Fsp3) is 0.929. The Morgan fingerprint density at radius 3 is 1.80 bits per heavy atom. The normalized spacial score (nSPS) is 11.7. The maximum Gasteiger partial charge on any atom is 0.331 e. The molecule has 0 radical (unpaired) electrons. The Bertz CT molecular complexity index is 337. The summed E-state index contributed by atoms with van der Waals surface area (Å²) in [7, 11) is -3.67. The quantitative estimate of drug-likeness (QED) is 0.393. The van der Waals surface area contributed by atoms with Crippen LogP contribution < -0.4 is 0 Å². The molecule has 1 N–H and O–H groups in total. The summed E-state index contributed by atoms with van der Waals surface area (Å²) < 4.78 is 26.9. The molecule has 0 atom stereocenters. The molecule has 0 aliphatic heterocycles. The molecular weight excluding hydrogens is 280 g/mol. The number of carbonyl (C=O) groups is 1. The van der Waals surface area contributed by atoms with Gasteiger partial charge in [-0.2, -0.15) is 8.42 Å². The Morgan fingerprint density at radius 2 is 1.35 bits per heavy atom. The van der Waals surface area contributed by atoms with E-state index in [1.165, 1.54) is 38.5 Å². The van der Waals surface area contributed by atoms with Gasteiger partial charge < -0.3 is 5.11 Å². The Morgan fingerprint density at radius 1 is 0.900 bits per heavy atom. The standard InChI is InChI=1S/C14H28O5S/c1-2-3-4-5-6-7-8-9-10-11-12-20(17,18)19-13-14(15)16/h2-13H2,1H3,(H,15,16). The molecule has 0 unspecified atom stereocenters. The van der Waals surface area contributed by atoms with Gasteiger partial charge in [0.1, 0.15) is 0 Å². The summed E-state index contributed by atoms with van der Waals surface area (Å²) in [4.78, 5) is 10.2. The van der Waals surface area contributed by atoms with Gasteiger partial charge in [0.15, 0.2) is 6.61 Å². The molecular formula is C14H28O5S. The molecule has 0 spiro atoms. The van der Waals surface area contributed by atoms with E-state index in [9.17, 15) is 13.2 Å². The molecule has 120 valence electrons. The number of rotatable bonds is 14. The van der Waals surface area contributed by atoms with Crippen LogP contribution in [0.25, 0.3) is 0 Å². The predicted molar refractivity (Wildman–Crippen MR) is 79.2 cm³/mol. The minimum absolute atomic E-state index is 0.0865. The number of carboxylic acid groups (broad SMARTS) is 1. The number of unbranched alkanes of at least 4 members (excludes halogenated alkanes) is 9. The van der Waals surface area contributed by atoms with Crippen LogP contribution in [0.5, 0.6) is 0 Å². The van der Waals surface area contributed by atoms with Gasteiger partial charge in [-0.1, -0.05) is 64.7 Å². The van der Waals surface area contributed by atoms with Gasteiger partial charge in [0, 0.05) is 0 Å². The molecule has 20 heavy (non-hydrogen) atoms. The lowest BCUT2D eigenvalue weighted by molar-refractivity contribution is -0.139. The fourth-order valence-corrected chi connectivity index (χ4v) is 2.92. The Balaban J connectivity index is 3.37. The van der Waals surface area contributed by atoms with Crippen LogP contribution in [-0.4, -0.2) is 31.9 Å². The fourth-order valence-electron chi connectivity index (χ4n) is 1.97. The summed E-state index contributed by atoms with van der Waals surface area (Å²) in [6, 6.07) is 0. The summed E-state index contributed by atoms with van der Waals surface area (Å²) in [6.45, 7) is 1.42. The Labute approximate surface area is 122 Å². The van der Waals surface area contributed by atoms with Crippen LogP contribution >= 0.6 is 0 Å². The molecule has 5 nitrogen and oxygen atoms in total. The topological polar surface area (TPSA) is 80.7 Å². The first-order valence-electron chi connectivity index (χ1n) is 7.57. The first kappa shape index (κ1) is 19.4. The number of hydrogen-bond donors (Lipinski definition) is 1. The van der Waals surface area contributed by atoms with E-state index in [4.69, 9.17) is 5.11 Å². The van der Waals surface area contributed by atoms with Crippen molar-refractivity contribution in [3.63, 3.8) is 0 Å². The van der Waals surface area contributed by atoms with Crippen molar-refractivity contribution in [1.29, 1.82) is 0 Å². The van der Waals surface area contributed by atoms with Gasteiger partial charge in [-0.05, 0) is 6.42 Å². The third-order valence-electron chi connectivity index (χ3n) is 3.11. The monoisotopic (exact) mass is 308 g/mol. The van der Waals surface area contributed by atoms with E-state index in [2.05, 4.69) is 11.1 Å². The maximum absolute atomic E-state index is 11.3. The summed E-state index contributed by atoms with van der Waals surface area (Å²) in [6.07, 6.45) is 11.2. The van der Waals surface area contributed by atoms with Crippen molar-refractivity contribution in [1.82, 2.24) is 0 Å². The molecule has 0 aliphatic rings. The second-order valence-corrected chi connectivity index (χ2v) is 6.86. The van der Waals surface area contributed by atoms with Gasteiger partial charge in [-0.3, -0.25) is 4.18 Å². The van der Waals surface area contributed by atoms with E-state index >= 15 is 0 Å². The second kappa shape index (κ2) is 12.1. The van der Waals surface area contributed by atoms with Crippen LogP contribution in [0.2, 0.25) is 0 Å². The lowest BCUT2D eigenvalue weighted by atomic mass is 10.1. The molecule has 0 fully saturated rings. The minimum Gasteiger partial charge on any atom is -0.479 e. The zero-order chi connectivity index (χ0) is 15.3. The first-order chi connectivity index (χ1) is 9.48. The van der Waals surface area contributed by atoms with E-state index in [-0.39, 0.29) is 5.75 Å². The van der Waals surface area contributed by atoms with Crippen molar-refractivity contribution < 1.29 is 22.5 Å². The molecule has 0 amide bonds. The van der Waals surface area contributed by atoms with E-state index in [1.54, 1.807) is 0 Å². The molecule has 0 rings (SSSR count). The second-order valence-electron chi connectivity index (χ2n) is 5.10. The summed E-state index contributed by atoms with van der Waals surface area (Å²) >= 11 is 0. The van der Waals surface area contributed by atoms with E-state index in [1.807, 2.05) is 0 Å². The molecule has 6 heteroatoms.